The van der Waals surface area contributed by atoms with Gasteiger partial charge >= 0.3 is 0 Å². The standard InChI is InChI=1S/C23H29N3O5S/c1-2-24-22(27)17-31-20-11-9-19(10-12-20)25-23(28)18-7-13-21(14-8-18)32(29,30)26-15-5-3-4-6-16-26/h7-14H,2-6,15-17H2,1H3,(H,24,27)(H,25,28). The first-order valence-corrected chi connectivity index (χ1v) is 12.3. The van der Waals surface area contributed by atoms with Gasteiger partial charge < -0.3 is 15.4 Å². The number of likely N-dealkylation sites (N-methyl/N-ethyl adjacent to an activating group) is 1. The third-order valence-electron chi connectivity index (χ3n) is 5.18. The van der Waals surface area contributed by atoms with E-state index in [1.54, 1.807) is 24.3 Å². The van der Waals surface area contributed by atoms with Gasteiger partial charge in [-0.1, -0.05) is 12.8 Å². The summed E-state index contributed by atoms with van der Waals surface area (Å²) in [4.78, 5) is 24.2. The monoisotopic (exact) mass is 459 g/mol. The van der Waals surface area contributed by atoms with Crippen molar-refractivity contribution in [3.63, 3.8) is 0 Å². The fourth-order valence-electron chi connectivity index (χ4n) is 3.44. The molecule has 0 radical (unpaired) electrons. The molecule has 32 heavy (non-hydrogen) atoms. The molecule has 0 saturated carbocycles. The Kier molecular flexibility index (Phi) is 8.24. The second kappa shape index (κ2) is 11.1. The number of sulfonamides is 1. The Morgan fingerprint density at radius 1 is 0.938 bits per heavy atom. The van der Waals surface area contributed by atoms with Crippen LogP contribution in [0, 0.1) is 0 Å². The molecular weight excluding hydrogens is 430 g/mol. The van der Waals surface area contributed by atoms with E-state index in [1.165, 1.54) is 28.6 Å². The maximum Gasteiger partial charge on any atom is 0.257 e. The molecule has 2 N–H and O–H groups in total. The van der Waals surface area contributed by atoms with Crippen LogP contribution in [0.4, 0.5) is 5.69 Å². The fourth-order valence-corrected chi connectivity index (χ4v) is 4.96. The van der Waals surface area contributed by atoms with Gasteiger partial charge in [-0.3, -0.25) is 9.59 Å². The molecule has 0 spiro atoms. The summed E-state index contributed by atoms with van der Waals surface area (Å²) in [6.07, 6.45) is 3.84. The first-order valence-electron chi connectivity index (χ1n) is 10.8. The lowest BCUT2D eigenvalue weighted by Gasteiger charge is -2.20. The lowest BCUT2D eigenvalue weighted by atomic mass is 10.2. The summed E-state index contributed by atoms with van der Waals surface area (Å²) >= 11 is 0. The third kappa shape index (κ3) is 6.30. The zero-order valence-electron chi connectivity index (χ0n) is 18.2. The number of carbonyl (C=O) groups excluding carboxylic acids is 2. The number of hydrogen-bond acceptors (Lipinski definition) is 5. The first kappa shape index (κ1) is 23.7. The summed E-state index contributed by atoms with van der Waals surface area (Å²) in [6, 6.07) is 12.7. The van der Waals surface area contributed by atoms with Crippen LogP contribution >= 0.6 is 0 Å². The van der Waals surface area contributed by atoms with Crippen LogP contribution in [0.25, 0.3) is 0 Å². The zero-order valence-corrected chi connectivity index (χ0v) is 19.0. The Bertz CT molecular complexity index is 1010. The minimum Gasteiger partial charge on any atom is -0.484 e. The second-order valence-electron chi connectivity index (χ2n) is 7.56. The van der Waals surface area contributed by atoms with Gasteiger partial charge in [0.1, 0.15) is 5.75 Å². The van der Waals surface area contributed by atoms with Crippen LogP contribution in [0.2, 0.25) is 0 Å². The van der Waals surface area contributed by atoms with Crippen LogP contribution in [0.15, 0.2) is 53.4 Å². The average Bonchev–Trinajstić information content (AvgIpc) is 3.09. The molecule has 172 valence electrons. The largest absolute Gasteiger partial charge is 0.484 e. The van der Waals surface area contributed by atoms with Gasteiger partial charge in [0.05, 0.1) is 4.90 Å². The number of rotatable bonds is 8. The number of carbonyl (C=O) groups is 2. The van der Waals surface area contributed by atoms with Gasteiger partial charge in [-0.25, -0.2) is 8.42 Å². The van der Waals surface area contributed by atoms with Crippen molar-refractivity contribution in [1.82, 2.24) is 9.62 Å². The predicted molar refractivity (Wildman–Crippen MR) is 122 cm³/mol. The lowest BCUT2D eigenvalue weighted by Crippen LogP contribution is -2.31. The van der Waals surface area contributed by atoms with Crippen LogP contribution in [-0.4, -0.2) is 50.8 Å². The normalized spacial score (nSPS) is 14.9. The van der Waals surface area contributed by atoms with Crippen molar-refractivity contribution < 1.29 is 22.7 Å². The predicted octanol–water partition coefficient (Wildman–Crippen LogP) is 3.02. The number of ether oxygens (including phenoxy) is 1. The second-order valence-corrected chi connectivity index (χ2v) is 9.50. The summed E-state index contributed by atoms with van der Waals surface area (Å²) in [5.74, 6) is -0.0387. The van der Waals surface area contributed by atoms with Crippen molar-refractivity contribution in [3.05, 3.63) is 54.1 Å². The van der Waals surface area contributed by atoms with Gasteiger partial charge in [-0.2, -0.15) is 4.31 Å². The van der Waals surface area contributed by atoms with Crippen molar-refractivity contribution >= 4 is 27.5 Å². The molecule has 2 aromatic carbocycles. The highest BCUT2D eigenvalue weighted by Gasteiger charge is 2.25. The van der Waals surface area contributed by atoms with Crippen molar-refractivity contribution in [2.24, 2.45) is 0 Å². The highest BCUT2D eigenvalue weighted by Crippen LogP contribution is 2.21. The molecule has 0 atom stereocenters. The first-order chi connectivity index (χ1) is 15.4. The zero-order chi connectivity index (χ0) is 23.0. The number of anilines is 1. The topological polar surface area (TPSA) is 105 Å². The summed E-state index contributed by atoms with van der Waals surface area (Å²) in [6.45, 7) is 3.36. The van der Waals surface area contributed by atoms with E-state index in [4.69, 9.17) is 4.74 Å². The Hall–Kier alpha value is -2.91. The number of benzene rings is 2. The van der Waals surface area contributed by atoms with Gasteiger partial charge in [0, 0.05) is 30.9 Å². The molecule has 9 heteroatoms. The summed E-state index contributed by atoms with van der Waals surface area (Å²) in [7, 11) is -3.55. The van der Waals surface area contributed by atoms with Gasteiger partial charge in [-0.15, -0.1) is 0 Å². The maximum absolute atomic E-state index is 12.9. The Balaban J connectivity index is 1.59. The summed E-state index contributed by atoms with van der Waals surface area (Å²) in [5.41, 5.74) is 0.915. The van der Waals surface area contributed by atoms with E-state index in [1.807, 2.05) is 6.92 Å². The fraction of sp³-hybridized carbons (Fsp3) is 0.391. The number of nitrogens with zero attached hydrogens (tertiary/aromatic N) is 1. The van der Waals surface area contributed by atoms with Crippen LogP contribution < -0.4 is 15.4 Å². The molecule has 8 nitrogen and oxygen atoms in total. The Morgan fingerprint density at radius 2 is 1.56 bits per heavy atom. The molecule has 0 aliphatic carbocycles. The van der Waals surface area contributed by atoms with E-state index in [9.17, 15) is 18.0 Å². The summed E-state index contributed by atoms with van der Waals surface area (Å²) in [5, 5.41) is 5.41. The van der Waals surface area contributed by atoms with Crippen molar-refractivity contribution in [1.29, 1.82) is 0 Å². The van der Waals surface area contributed by atoms with Gasteiger partial charge in [0.25, 0.3) is 11.8 Å². The van der Waals surface area contributed by atoms with Gasteiger partial charge in [0.2, 0.25) is 10.0 Å². The Labute approximate surface area is 189 Å². The maximum atomic E-state index is 12.9. The number of hydrogen-bond donors (Lipinski definition) is 2. The molecular formula is C23H29N3O5S. The molecule has 1 aliphatic rings. The van der Waals surface area contributed by atoms with Crippen molar-refractivity contribution in [2.75, 3.05) is 31.6 Å². The molecule has 1 aliphatic heterocycles. The van der Waals surface area contributed by atoms with Gasteiger partial charge in [0.15, 0.2) is 6.61 Å². The van der Waals surface area contributed by atoms with E-state index >= 15 is 0 Å². The molecule has 2 aromatic rings. The van der Waals surface area contributed by atoms with E-state index in [0.717, 1.165) is 25.7 Å². The van der Waals surface area contributed by atoms with Crippen LogP contribution in [0.5, 0.6) is 5.75 Å². The molecule has 0 unspecified atom stereocenters. The van der Waals surface area contributed by atoms with Gasteiger partial charge in [-0.05, 0) is 68.3 Å². The third-order valence-corrected chi connectivity index (χ3v) is 7.09. The quantitative estimate of drug-likeness (QED) is 0.631. The van der Waals surface area contributed by atoms with Crippen LogP contribution in [0.1, 0.15) is 43.0 Å². The SMILES string of the molecule is CCNC(=O)COc1ccc(NC(=O)c2ccc(S(=O)(=O)N3CCCCCC3)cc2)cc1. The number of amides is 2. The molecule has 3 rings (SSSR count). The average molecular weight is 460 g/mol. The van der Waals surface area contributed by atoms with Crippen LogP contribution in [-0.2, 0) is 14.8 Å². The van der Waals surface area contributed by atoms with Crippen LogP contribution in [0.3, 0.4) is 0 Å². The minimum atomic E-state index is -3.55. The van der Waals surface area contributed by atoms with E-state index < -0.39 is 10.0 Å². The minimum absolute atomic E-state index is 0.0772. The summed E-state index contributed by atoms with van der Waals surface area (Å²) < 4.78 is 32.6. The lowest BCUT2D eigenvalue weighted by molar-refractivity contribution is -0.122. The molecule has 0 aromatic heterocycles. The van der Waals surface area contributed by atoms with Crippen molar-refractivity contribution in [2.45, 2.75) is 37.5 Å². The number of nitrogens with one attached hydrogen (secondary N) is 2. The molecule has 0 bridgehead atoms. The molecule has 2 amide bonds. The molecule has 1 saturated heterocycles. The smallest absolute Gasteiger partial charge is 0.257 e. The highest BCUT2D eigenvalue weighted by atomic mass is 32.2. The highest BCUT2D eigenvalue weighted by molar-refractivity contribution is 7.89. The Morgan fingerprint density at radius 3 is 2.16 bits per heavy atom. The van der Waals surface area contributed by atoms with E-state index in [2.05, 4.69) is 10.6 Å². The molecule has 1 fully saturated rings. The van der Waals surface area contributed by atoms with E-state index in [-0.39, 0.29) is 23.3 Å². The van der Waals surface area contributed by atoms with E-state index in [0.29, 0.717) is 36.6 Å². The van der Waals surface area contributed by atoms with Crippen molar-refractivity contribution in [3.8, 4) is 5.75 Å². The molecule has 1 heterocycles.